The Morgan fingerprint density at radius 3 is 2.75 bits per heavy atom. The predicted molar refractivity (Wildman–Crippen MR) is 79.7 cm³/mol. The van der Waals surface area contributed by atoms with Crippen LogP contribution in [0.1, 0.15) is 15.9 Å². The molecule has 3 aromatic rings. The van der Waals surface area contributed by atoms with Crippen LogP contribution in [0, 0.1) is 0 Å². The normalized spacial score (nSPS) is 10.4. The second-order valence-electron chi connectivity index (χ2n) is 4.33. The number of hydrogen-bond donors (Lipinski definition) is 1. The molecule has 2 aromatic heterocycles. The summed E-state index contributed by atoms with van der Waals surface area (Å²) in [5.74, 6) is -0.141. The van der Waals surface area contributed by atoms with Gasteiger partial charge >= 0.3 is 0 Å². The summed E-state index contributed by atoms with van der Waals surface area (Å²) >= 11 is 0. The minimum absolute atomic E-state index is 0.141. The van der Waals surface area contributed by atoms with Crippen molar-refractivity contribution in [2.45, 2.75) is 0 Å². The molecule has 4 nitrogen and oxygen atoms in total. The molecule has 0 atom stereocenters. The van der Waals surface area contributed by atoms with Crippen LogP contribution in [0.3, 0.4) is 0 Å². The number of amides is 1. The molecule has 1 amide bonds. The van der Waals surface area contributed by atoms with Crippen molar-refractivity contribution in [3.8, 4) is 0 Å². The van der Waals surface area contributed by atoms with Gasteiger partial charge in [0.15, 0.2) is 0 Å². The summed E-state index contributed by atoms with van der Waals surface area (Å²) in [6, 6.07) is 12.8. The Balaban J connectivity index is 1.98. The number of rotatable bonds is 3. The van der Waals surface area contributed by atoms with Gasteiger partial charge in [0.2, 0.25) is 0 Å². The molecule has 0 saturated heterocycles. The first kappa shape index (κ1) is 12.2. The maximum absolute atomic E-state index is 12.2. The molecule has 0 unspecified atom stereocenters. The first-order valence-electron chi connectivity index (χ1n) is 6.25. The van der Waals surface area contributed by atoms with E-state index in [4.69, 9.17) is 0 Å². The summed E-state index contributed by atoms with van der Waals surface area (Å²) in [6.07, 6.45) is 5.24. The van der Waals surface area contributed by atoms with Crippen molar-refractivity contribution in [3.63, 3.8) is 0 Å². The van der Waals surface area contributed by atoms with Crippen LogP contribution in [-0.2, 0) is 0 Å². The average Bonchev–Trinajstić information content (AvgIpc) is 2.96. The minimum Gasteiger partial charge on any atom is -0.321 e. The van der Waals surface area contributed by atoms with Crippen LogP contribution in [0.25, 0.3) is 11.6 Å². The third kappa shape index (κ3) is 2.07. The summed E-state index contributed by atoms with van der Waals surface area (Å²) in [6.45, 7) is 3.81. The number of nitrogens with zero attached hydrogens (tertiary/aromatic N) is 2. The monoisotopic (exact) mass is 263 g/mol. The van der Waals surface area contributed by atoms with E-state index >= 15 is 0 Å². The lowest BCUT2D eigenvalue weighted by molar-refractivity contribution is 0.102. The van der Waals surface area contributed by atoms with Gasteiger partial charge in [0, 0.05) is 17.3 Å². The fraction of sp³-hybridized carbons (Fsp3) is 0. The van der Waals surface area contributed by atoms with E-state index in [0.29, 0.717) is 5.56 Å². The Labute approximate surface area is 116 Å². The van der Waals surface area contributed by atoms with Crippen molar-refractivity contribution in [2.24, 2.45) is 0 Å². The van der Waals surface area contributed by atoms with Crippen LogP contribution in [-0.4, -0.2) is 15.5 Å². The topological polar surface area (TPSA) is 46.4 Å². The lowest BCUT2D eigenvalue weighted by atomic mass is 10.1. The van der Waals surface area contributed by atoms with Crippen molar-refractivity contribution in [3.05, 3.63) is 72.6 Å². The van der Waals surface area contributed by atoms with Gasteiger partial charge in [0.25, 0.3) is 5.91 Å². The summed E-state index contributed by atoms with van der Waals surface area (Å²) in [5.41, 5.74) is 3.11. The van der Waals surface area contributed by atoms with Crippen LogP contribution in [0.5, 0.6) is 0 Å². The molecule has 0 radical (unpaired) electrons. The maximum atomic E-state index is 12.2. The van der Waals surface area contributed by atoms with E-state index < -0.39 is 0 Å². The Kier molecular flexibility index (Phi) is 3.05. The highest BCUT2D eigenvalue weighted by molar-refractivity contribution is 6.05. The first-order chi connectivity index (χ1) is 9.79. The Hall–Kier alpha value is -2.88. The molecular formula is C16H13N3O. The van der Waals surface area contributed by atoms with Crippen LogP contribution in [0.15, 0.2) is 61.4 Å². The summed E-state index contributed by atoms with van der Waals surface area (Å²) in [4.78, 5) is 12.2. The van der Waals surface area contributed by atoms with Crippen LogP contribution < -0.4 is 5.32 Å². The van der Waals surface area contributed by atoms with Gasteiger partial charge in [0.05, 0.1) is 17.4 Å². The molecule has 4 heteroatoms. The number of aromatic nitrogens is 2. The van der Waals surface area contributed by atoms with Gasteiger partial charge in [-0.2, -0.15) is 5.10 Å². The molecular weight excluding hydrogens is 250 g/mol. The van der Waals surface area contributed by atoms with E-state index in [-0.39, 0.29) is 5.91 Å². The van der Waals surface area contributed by atoms with Crippen molar-refractivity contribution in [1.82, 2.24) is 9.61 Å². The number of hydrogen-bond acceptors (Lipinski definition) is 2. The van der Waals surface area contributed by atoms with E-state index in [9.17, 15) is 4.79 Å². The van der Waals surface area contributed by atoms with Gasteiger partial charge in [-0.15, -0.1) is 0 Å². The molecule has 1 aromatic carbocycles. The Morgan fingerprint density at radius 2 is 2.00 bits per heavy atom. The van der Waals surface area contributed by atoms with E-state index in [0.717, 1.165) is 16.8 Å². The van der Waals surface area contributed by atoms with Crippen LogP contribution >= 0.6 is 0 Å². The van der Waals surface area contributed by atoms with Crippen molar-refractivity contribution in [2.75, 3.05) is 5.32 Å². The quantitative estimate of drug-likeness (QED) is 0.788. The second-order valence-corrected chi connectivity index (χ2v) is 4.33. The molecule has 0 saturated carbocycles. The average molecular weight is 263 g/mol. The number of anilines is 1. The minimum atomic E-state index is -0.141. The van der Waals surface area contributed by atoms with E-state index in [1.807, 2.05) is 36.5 Å². The zero-order valence-electron chi connectivity index (χ0n) is 10.8. The molecule has 20 heavy (non-hydrogen) atoms. The largest absolute Gasteiger partial charge is 0.321 e. The smallest absolute Gasteiger partial charge is 0.255 e. The summed E-state index contributed by atoms with van der Waals surface area (Å²) < 4.78 is 1.75. The van der Waals surface area contributed by atoms with Crippen LogP contribution in [0.2, 0.25) is 0 Å². The fourth-order valence-corrected chi connectivity index (χ4v) is 2.13. The second kappa shape index (κ2) is 5.01. The first-order valence-corrected chi connectivity index (χ1v) is 6.25. The summed E-state index contributed by atoms with van der Waals surface area (Å²) in [5, 5.41) is 7.07. The van der Waals surface area contributed by atoms with Crippen molar-refractivity contribution in [1.29, 1.82) is 0 Å². The SMILES string of the molecule is C=Cc1c(NC(=O)c2ccccc2)ccn2nccc12. The molecule has 1 N–H and O–H groups in total. The molecule has 2 heterocycles. The van der Waals surface area contributed by atoms with Gasteiger partial charge < -0.3 is 5.32 Å². The van der Waals surface area contributed by atoms with Gasteiger partial charge in [0.1, 0.15) is 0 Å². The molecule has 0 spiro atoms. The van der Waals surface area contributed by atoms with Gasteiger partial charge in [-0.1, -0.05) is 30.9 Å². The number of benzene rings is 1. The third-order valence-electron chi connectivity index (χ3n) is 3.11. The molecule has 0 fully saturated rings. The van der Waals surface area contributed by atoms with E-state index in [1.54, 1.807) is 28.9 Å². The number of carbonyl (C=O) groups is 1. The Bertz CT molecular complexity index is 775. The Morgan fingerprint density at radius 1 is 1.20 bits per heavy atom. The van der Waals surface area contributed by atoms with Crippen molar-refractivity contribution < 1.29 is 4.79 Å². The van der Waals surface area contributed by atoms with Gasteiger partial charge in [-0.05, 0) is 24.3 Å². The van der Waals surface area contributed by atoms with E-state index in [2.05, 4.69) is 17.0 Å². The molecule has 0 aliphatic rings. The highest BCUT2D eigenvalue weighted by Gasteiger charge is 2.10. The molecule has 3 rings (SSSR count). The number of fused-ring (bicyclic) bond motifs is 1. The lowest BCUT2D eigenvalue weighted by Gasteiger charge is -2.10. The fourth-order valence-electron chi connectivity index (χ4n) is 2.13. The number of pyridine rings is 1. The molecule has 0 aliphatic carbocycles. The molecule has 0 bridgehead atoms. The summed E-state index contributed by atoms with van der Waals surface area (Å²) in [7, 11) is 0. The van der Waals surface area contributed by atoms with Gasteiger partial charge in [-0.3, -0.25) is 4.79 Å². The standard InChI is InChI=1S/C16H13N3O/c1-2-13-14(9-11-19-15(13)8-10-17-19)18-16(20)12-6-4-3-5-7-12/h2-11H,1H2,(H,18,20). The van der Waals surface area contributed by atoms with Crippen molar-refractivity contribution >= 4 is 23.2 Å². The molecule has 0 aliphatic heterocycles. The third-order valence-corrected chi connectivity index (χ3v) is 3.11. The number of nitrogens with one attached hydrogen (secondary N) is 1. The van der Waals surface area contributed by atoms with E-state index in [1.165, 1.54) is 0 Å². The van der Waals surface area contributed by atoms with Gasteiger partial charge in [-0.25, -0.2) is 4.52 Å². The highest BCUT2D eigenvalue weighted by atomic mass is 16.1. The molecule has 98 valence electrons. The lowest BCUT2D eigenvalue weighted by Crippen LogP contribution is -2.13. The maximum Gasteiger partial charge on any atom is 0.255 e. The van der Waals surface area contributed by atoms with Crippen LogP contribution in [0.4, 0.5) is 5.69 Å². The zero-order chi connectivity index (χ0) is 13.9. The zero-order valence-corrected chi connectivity index (χ0v) is 10.8. The predicted octanol–water partition coefficient (Wildman–Crippen LogP) is 3.23. The highest BCUT2D eigenvalue weighted by Crippen LogP contribution is 2.22. The number of carbonyl (C=O) groups excluding carboxylic acids is 1.